The molecule has 0 spiro atoms. The monoisotopic (exact) mass is 622 g/mol. The molecule has 11 nitrogen and oxygen atoms in total. The van der Waals surface area contributed by atoms with Gasteiger partial charge in [-0.3, -0.25) is 28.3 Å². The van der Waals surface area contributed by atoms with E-state index in [4.69, 9.17) is 0 Å². The lowest BCUT2D eigenvalue weighted by Gasteiger charge is -2.32. The van der Waals surface area contributed by atoms with Gasteiger partial charge in [-0.2, -0.15) is 11.8 Å². The predicted octanol–water partition coefficient (Wildman–Crippen LogP) is 1.98. The van der Waals surface area contributed by atoms with Crippen molar-refractivity contribution < 1.29 is 18.8 Å². The smallest absolute Gasteiger partial charge is 0.333 e. The number of fused-ring (bicyclic) bond motifs is 1. The highest BCUT2D eigenvalue weighted by atomic mass is 32.2. The highest BCUT2D eigenvalue weighted by Gasteiger charge is 2.36. The molecule has 13 heteroatoms. The summed E-state index contributed by atoms with van der Waals surface area (Å²) >= 11 is 1.82. The van der Waals surface area contributed by atoms with Crippen LogP contribution in [0.25, 0.3) is 11.0 Å². The normalized spacial score (nSPS) is 24.5. The SMILES string of the molecule is O=C(C[C@@H]1NC(=O)[C@H](Cc2ccccc2)NC1=O)NC1CCC(n2c(=O)c3cc(F)cnc3n(C3CCSCC3)c2=O)CC1. The number of nitrogens with zero attached hydrogens (tertiary/aromatic N) is 3. The molecule has 0 radical (unpaired) electrons. The Morgan fingerprint density at radius 3 is 2.30 bits per heavy atom. The standard InChI is InChI=1S/C31H35FN6O5S/c32-19-15-23-27(33-17-19)37(22-10-12-44-13-11-22)31(43)38(30(23)42)21-8-6-20(7-9-21)34-26(39)16-25-29(41)35-24(28(40)36-25)14-18-4-2-1-3-5-18/h1-5,15,17,20-22,24-25H,6-14,16H2,(H,34,39)(H,35,41)(H,36,40)/t20?,21?,24-,25-/m0/s1. The Kier molecular flexibility index (Phi) is 8.83. The molecule has 1 aromatic carbocycles. The number of halogens is 1. The minimum Gasteiger partial charge on any atom is -0.353 e. The Labute approximate surface area is 257 Å². The second-order valence-corrected chi connectivity index (χ2v) is 13.0. The molecule has 232 valence electrons. The van der Waals surface area contributed by atoms with E-state index in [2.05, 4.69) is 20.9 Å². The summed E-state index contributed by atoms with van der Waals surface area (Å²) in [4.78, 5) is 69.6. The van der Waals surface area contributed by atoms with Crippen LogP contribution in [0.1, 0.15) is 62.6 Å². The van der Waals surface area contributed by atoms with E-state index in [1.807, 2.05) is 42.1 Å². The molecule has 0 bridgehead atoms. The summed E-state index contributed by atoms with van der Waals surface area (Å²) in [5, 5.41) is 8.45. The van der Waals surface area contributed by atoms with Crippen LogP contribution in [0, 0.1) is 5.82 Å². The molecule has 2 atom stereocenters. The summed E-state index contributed by atoms with van der Waals surface area (Å²) in [6, 6.07) is 8.14. The van der Waals surface area contributed by atoms with Crippen LogP contribution in [-0.2, 0) is 20.8 Å². The first-order valence-electron chi connectivity index (χ1n) is 15.1. The molecule has 44 heavy (non-hydrogen) atoms. The van der Waals surface area contributed by atoms with E-state index < -0.39 is 41.1 Å². The Balaban J connectivity index is 1.09. The maximum Gasteiger partial charge on any atom is 0.333 e. The molecule has 1 aliphatic carbocycles. The van der Waals surface area contributed by atoms with Gasteiger partial charge >= 0.3 is 5.69 Å². The van der Waals surface area contributed by atoms with E-state index in [0.29, 0.717) is 32.1 Å². The fraction of sp³-hybridized carbons (Fsp3) is 0.484. The number of thioether (sulfide) groups is 1. The zero-order valence-corrected chi connectivity index (χ0v) is 25.0. The van der Waals surface area contributed by atoms with E-state index in [-0.39, 0.29) is 41.4 Å². The average Bonchev–Trinajstić information content (AvgIpc) is 3.02. The van der Waals surface area contributed by atoms with Crippen molar-refractivity contribution in [1.82, 2.24) is 30.1 Å². The van der Waals surface area contributed by atoms with Gasteiger partial charge in [0.15, 0.2) is 0 Å². The van der Waals surface area contributed by atoms with Crippen LogP contribution in [0.3, 0.4) is 0 Å². The number of hydrogen-bond donors (Lipinski definition) is 3. The van der Waals surface area contributed by atoms with E-state index in [0.717, 1.165) is 42.2 Å². The molecule has 3 amide bonds. The van der Waals surface area contributed by atoms with E-state index in [1.54, 1.807) is 4.57 Å². The maximum absolute atomic E-state index is 14.2. The number of pyridine rings is 1. The number of carbonyl (C=O) groups is 3. The van der Waals surface area contributed by atoms with Gasteiger partial charge in [0.1, 0.15) is 23.5 Å². The number of hydrogen-bond acceptors (Lipinski definition) is 7. The molecule has 4 heterocycles. The van der Waals surface area contributed by atoms with E-state index >= 15 is 0 Å². The van der Waals surface area contributed by atoms with Gasteiger partial charge in [0, 0.05) is 24.5 Å². The third kappa shape index (κ3) is 6.28. The number of aromatic nitrogens is 3. The van der Waals surface area contributed by atoms with Crippen molar-refractivity contribution in [1.29, 1.82) is 0 Å². The zero-order chi connectivity index (χ0) is 30.8. The molecular weight excluding hydrogens is 587 g/mol. The Hall–Kier alpha value is -4.00. The van der Waals surface area contributed by atoms with E-state index in [1.165, 1.54) is 4.57 Å². The summed E-state index contributed by atoms with van der Waals surface area (Å²) in [6.07, 6.45) is 4.71. The van der Waals surface area contributed by atoms with Gasteiger partial charge in [-0.05, 0) is 61.7 Å². The summed E-state index contributed by atoms with van der Waals surface area (Å²) in [5.41, 5.74) is 0.174. The highest BCUT2D eigenvalue weighted by Crippen LogP contribution is 2.30. The fourth-order valence-corrected chi connectivity index (χ4v) is 7.64. The average molecular weight is 623 g/mol. The number of carbonyl (C=O) groups excluding carboxylic acids is 3. The van der Waals surface area contributed by atoms with Crippen LogP contribution in [0.5, 0.6) is 0 Å². The summed E-state index contributed by atoms with van der Waals surface area (Å²) in [6.45, 7) is 0. The first-order chi connectivity index (χ1) is 21.3. The van der Waals surface area contributed by atoms with Crippen molar-refractivity contribution in [3.8, 4) is 0 Å². The Morgan fingerprint density at radius 2 is 1.57 bits per heavy atom. The van der Waals surface area contributed by atoms with Crippen LogP contribution < -0.4 is 27.2 Å². The van der Waals surface area contributed by atoms with Crippen LogP contribution in [0.4, 0.5) is 4.39 Å². The molecule has 2 saturated heterocycles. The quantitative estimate of drug-likeness (QED) is 0.366. The van der Waals surface area contributed by atoms with Crippen molar-refractivity contribution in [3.63, 3.8) is 0 Å². The molecule has 3 aliphatic rings. The Morgan fingerprint density at radius 1 is 0.909 bits per heavy atom. The van der Waals surface area contributed by atoms with Crippen LogP contribution >= 0.6 is 11.8 Å². The van der Waals surface area contributed by atoms with Crippen LogP contribution in [0.15, 0.2) is 52.2 Å². The van der Waals surface area contributed by atoms with Gasteiger partial charge in [-0.15, -0.1) is 0 Å². The second kappa shape index (κ2) is 12.9. The predicted molar refractivity (Wildman–Crippen MR) is 164 cm³/mol. The molecular formula is C31H35FN6O5S. The van der Waals surface area contributed by atoms with Gasteiger partial charge in [0.2, 0.25) is 17.7 Å². The van der Waals surface area contributed by atoms with E-state index in [9.17, 15) is 28.4 Å². The van der Waals surface area contributed by atoms with Crippen molar-refractivity contribution in [2.45, 2.75) is 81.6 Å². The molecule has 0 unspecified atom stereocenters. The molecule has 3 N–H and O–H groups in total. The third-order valence-corrected chi connectivity index (χ3v) is 9.89. The number of benzene rings is 1. The highest BCUT2D eigenvalue weighted by molar-refractivity contribution is 7.99. The van der Waals surface area contributed by atoms with Crippen LogP contribution in [-0.4, -0.2) is 61.5 Å². The minimum absolute atomic E-state index is 0.0945. The zero-order valence-electron chi connectivity index (χ0n) is 24.2. The molecule has 3 aromatic rings. The third-order valence-electron chi connectivity index (χ3n) is 8.84. The van der Waals surface area contributed by atoms with Gasteiger partial charge in [0.05, 0.1) is 18.0 Å². The summed E-state index contributed by atoms with van der Waals surface area (Å²) in [7, 11) is 0. The first kappa shape index (κ1) is 30.0. The lowest BCUT2D eigenvalue weighted by atomic mass is 9.90. The lowest BCUT2D eigenvalue weighted by Crippen LogP contribution is -2.63. The fourth-order valence-electron chi connectivity index (χ4n) is 6.56. The first-order valence-corrected chi connectivity index (χ1v) is 16.3. The second-order valence-electron chi connectivity index (χ2n) is 11.8. The lowest BCUT2D eigenvalue weighted by molar-refractivity contribution is -0.138. The van der Waals surface area contributed by atoms with Crippen LogP contribution in [0.2, 0.25) is 0 Å². The molecule has 2 aromatic heterocycles. The molecule has 3 fully saturated rings. The number of piperazine rings is 1. The maximum atomic E-state index is 14.2. The number of rotatable bonds is 7. The van der Waals surface area contributed by atoms with Crippen molar-refractivity contribution in [2.75, 3.05) is 11.5 Å². The van der Waals surface area contributed by atoms with Gasteiger partial charge in [-0.25, -0.2) is 14.2 Å². The van der Waals surface area contributed by atoms with Gasteiger partial charge < -0.3 is 16.0 Å². The molecule has 2 aliphatic heterocycles. The molecule has 1 saturated carbocycles. The van der Waals surface area contributed by atoms with Crippen molar-refractivity contribution in [3.05, 3.63) is 74.8 Å². The van der Waals surface area contributed by atoms with Gasteiger partial charge in [-0.1, -0.05) is 30.3 Å². The van der Waals surface area contributed by atoms with Gasteiger partial charge in [0.25, 0.3) is 5.56 Å². The minimum atomic E-state index is -0.965. The van der Waals surface area contributed by atoms with Crippen molar-refractivity contribution in [2.24, 2.45) is 0 Å². The largest absolute Gasteiger partial charge is 0.353 e. The topological polar surface area (TPSA) is 144 Å². The van der Waals surface area contributed by atoms with Crippen molar-refractivity contribution >= 4 is 40.5 Å². The summed E-state index contributed by atoms with van der Waals surface area (Å²) < 4.78 is 17.0. The molecule has 6 rings (SSSR count). The number of nitrogens with one attached hydrogen (secondary N) is 3. The Bertz CT molecular complexity index is 1680. The summed E-state index contributed by atoms with van der Waals surface area (Å²) in [5.74, 6) is 0.0528. The number of amides is 3.